The average molecular weight is 220 g/mol. The van der Waals surface area contributed by atoms with Crippen LogP contribution >= 0.6 is 0 Å². The van der Waals surface area contributed by atoms with Gasteiger partial charge in [0.1, 0.15) is 0 Å². The number of nitrogens with two attached hydrogens (primary N) is 1. The highest BCUT2D eigenvalue weighted by Gasteiger charge is 2.15. The lowest BCUT2D eigenvalue weighted by atomic mass is 10.1. The smallest absolute Gasteiger partial charge is 0.255 e. The lowest BCUT2D eigenvalue weighted by molar-refractivity contribution is 0.0776. The standard InChI is InChI=1S/C13H20N2O/c1-4-10(2)9-15(3)13(16)11-7-5-6-8-12(11)14/h5-8,10H,4,9,14H2,1-3H3. The fourth-order valence-corrected chi connectivity index (χ4v) is 1.58. The number of rotatable bonds is 4. The highest BCUT2D eigenvalue weighted by molar-refractivity contribution is 5.98. The maximum Gasteiger partial charge on any atom is 0.255 e. The number of anilines is 1. The van der Waals surface area contributed by atoms with Crippen molar-refractivity contribution in [3.63, 3.8) is 0 Å². The topological polar surface area (TPSA) is 46.3 Å². The third-order valence-corrected chi connectivity index (χ3v) is 2.82. The van der Waals surface area contributed by atoms with Crippen LogP contribution in [0.3, 0.4) is 0 Å². The summed E-state index contributed by atoms with van der Waals surface area (Å²) in [6.07, 6.45) is 1.07. The monoisotopic (exact) mass is 220 g/mol. The average Bonchev–Trinajstić information content (AvgIpc) is 2.28. The molecule has 0 aliphatic rings. The molecule has 0 fully saturated rings. The molecule has 1 aromatic carbocycles. The molecule has 1 aromatic rings. The molecule has 1 atom stereocenters. The zero-order valence-electron chi connectivity index (χ0n) is 10.2. The lowest BCUT2D eigenvalue weighted by Crippen LogP contribution is -2.31. The minimum atomic E-state index is -0.00148. The van der Waals surface area contributed by atoms with Crippen molar-refractivity contribution in [2.75, 3.05) is 19.3 Å². The summed E-state index contributed by atoms with van der Waals surface area (Å²) in [6.45, 7) is 5.03. The van der Waals surface area contributed by atoms with E-state index in [0.29, 0.717) is 17.2 Å². The molecular weight excluding hydrogens is 200 g/mol. The Balaban J connectivity index is 2.75. The Kier molecular flexibility index (Phi) is 4.35. The first-order valence-corrected chi connectivity index (χ1v) is 5.66. The third kappa shape index (κ3) is 2.99. The first-order valence-electron chi connectivity index (χ1n) is 5.66. The van der Waals surface area contributed by atoms with Crippen LogP contribution in [0.15, 0.2) is 24.3 Å². The van der Waals surface area contributed by atoms with Crippen LogP contribution in [-0.4, -0.2) is 24.4 Å². The Morgan fingerprint density at radius 3 is 2.62 bits per heavy atom. The minimum absolute atomic E-state index is 0.00148. The van der Waals surface area contributed by atoms with Crippen LogP contribution in [0.25, 0.3) is 0 Å². The molecule has 0 aromatic heterocycles. The normalized spacial score (nSPS) is 12.2. The van der Waals surface area contributed by atoms with Gasteiger partial charge in [-0.1, -0.05) is 32.4 Å². The van der Waals surface area contributed by atoms with Crippen molar-refractivity contribution in [1.82, 2.24) is 4.90 Å². The number of carbonyl (C=O) groups excluding carboxylic acids is 1. The van der Waals surface area contributed by atoms with E-state index >= 15 is 0 Å². The largest absolute Gasteiger partial charge is 0.398 e. The SMILES string of the molecule is CCC(C)CN(C)C(=O)c1ccccc1N. The van der Waals surface area contributed by atoms with Crippen molar-refractivity contribution < 1.29 is 4.79 Å². The van der Waals surface area contributed by atoms with Gasteiger partial charge in [0.2, 0.25) is 0 Å². The lowest BCUT2D eigenvalue weighted by Gasteiger charge is -2.21. The summed E-state index contributed by atoms with van der Waals surface area (Å²) in [6, 6.07) is 7.19. The van der Waals surface area contributed by atoms with Gasteiger partial charge in [0.25, 0.3) is 5.91 Å². The van der Waals surface area contributed by atoms with Gasteiger partial charge < -0.3 is 10.6 Å². The van der Waals surface area contributed by atoms with E-state index in [4.69, 9.17) is 5.73 Å². The molecular formula is C13H20N2O. The second-order valence-corrected chi connectivity index (χ2v) is 4.29. The van der Waals surface area contributed by atoms with E-state index in [1.807, 2.05) is 19.2 Å². The van der Waals surface area contributed by atoms with Gasteiger partial charge in [-0.3, -0.25) is 4.79 Å². The van der Waals surface area contributed by atoms with Crippen molar-refractivity contribution in [2.45, 2.75) is 20.3 Å². The van der Waals surface area contributed by atoms with Crippen LogP contribution in [0.5, 0.6) is 0 Å². The zero-order chi connectivity index (χ0) is 12.1. The molecule has 16 heavy (non-hydrogen) atoms. The summed E-state index contributed by atoms with van der Waals surface area (Å²) in [5, 5.41) is 0. The Morgan fingerprint density at radius 2 is 2.06 bits per heavy atom. The molecule has 1 unspecified atom stereocenters. The fourth-order valence-electron chi connectivity index (χ4n) is 1.58. The van der Waals surface area contributed by atoms with Gasteiger partial charge in [-0.05, 0) is 18.1 Å². The number of para-hydroxylation sites is 1. The molecule has 0 saturated heterocycles. The Hall–Kier alpha value is -1.51. The molecule has 0 aliphatic carbocycles. The van der Waals surface area contributed by atoms with E-state index in [9.17, 15) is 4.79 Å². The summed E-state index contributed by atoms with van der Waals surface area (Å²) >= 11 is 0. The quantitative estimate of drug-likeness (QED) is 0.792. The van der Waals surface area contributed by atoms with Gasteiger partial charge >= 0.3 is 0 Å². The summed E-state index contributed by atoms with van der Waals surface area (Å²) in [5.74, 6) is 0.511. The van der Waals surface area contributed by atoms with Gasteiger partial charge in [-0.25, -0.2) is 0 Å². The maximum absolute atomic E-state index is 12.1. The molecule has 2 N–H and O–H groups in total. The van der Waals surface area contributed by atoms with E-state index in [1.54, 1.807) is 17.0 Å². The van der Waals surface area contributed by atoms with Gasteiger partial charge in [-0.15, -0.1) is 0 Å². The molecule has 0 saturated carbocycles. The second-order valence-electron chi connectivity index (χ2n) is 4.29. The Labute approximate surface area is 97.2 Å². The number of hydrogen-bond donors (Lipinski definition) is 1. The van der Waals surface area contributed by atoms with Crippen molar-refractivity contribution in [1.29, 1.82) is 0 Å². The fraction of sp³-hybridized carbons (Fsp3) is 0.462. The van der Waals surface area contributed by atoms with Crippen LogP contribution in [0.1, 0.15) is 30.6 Å². The third-order valence-electron chi connectivity index (χ3n) is 2.82. The Bertz CT molecular complexity index is 363. The van der Waals surface area contributed by atoms with Gasteiger partial charge in [0.15, 0.2) is 0 Å². The first-order chi connectivity index (χ1) is 7.56. The van der Waals surface area contributed by atoms with Gasteiger partial charge in [0.05, 0.1) is 5.56 Å². The molecule has 0 aliphatic heterocycles. The molecule has 1 rings (SSSR count). The predicted molar refractivity (Wildman–Crippen MR) is 67.3 cm³/mol. The Morgan fingerprint density at radius 1 is 1.44 bits per heavy atom. The van der Waals surface area contributed by atoms with Crippen LogP contribution in [-0.2, 0) is 0 Å². The molecule has 0 heterocycles. The van der Waals surface area contributed by atoms with Crippen LogP contribution < -0.4 is 5.73 Å². The number of hydrogen-bond acceptors (Lipinski definition) is 2. The van der Waals surface area contributed by atoms with E-state index in [2.05, 4.69) is 13.8 Å². The number of nitrogen functional groups attached to an aromatic ring is 1. The number of nitrogens with zero attached hydrogens (tertiary/aromatic N) is 1. The molecule has 3 heteroatoms. The van der Waals surface area contributed by atoms with E-state index in [-0.39, 0.29) is 5.91 Å². The maximum atomic E-state index is 12.1. The van der Waals surface area contributed by atoms with Crippen LogP contribution in [0.2, 0.25) is 0 Å². The summed E-state index contributed by atoms with van der Waals surface area (Å²) < 4.78 is 0. The van der Waals surface area contributed by atoms with E-state index in [0.717, 1.165) is 13.0 Å². The number of carbonyl (C=O) groups is 1. The van der Waals surface area contributed by atoms with Gasteiger partial charge in [-0.2, -0.15) is 0 Å². The minimum Gasteiger partial charge on any atom is -0.398 e. The van der Waals surface area contributed by atoms with E-state index in [1.165, 1.54) is 0 Å². The van der Waals surface area contributed by atoms with Crippen molar-refractivity contribution in [2.24, 2.45) is 5.92 Å². The van der Waals surface area contributed by atoms with Crippen LogP contribution in [0.4, 0.5) is 5.69 Å². The van der Waals surface area contributed by atoms with Crippen molar-refractivity contribution in [3.05, 3.63) is 29.8 Å². The highest BCUT2D eigenvalue weighted by atomic mass is 16.2. The zero-order valence-corrected chi connectivity index (χ0v) is 10.2. The summed E-state index contributed by atoms with van der Waals surface area (Å²) in [7, 11) is 1.82. The molecule has 1 amide bonds. The van der Waals surface area contributed by atoms with Crippen molar-refractivity contribution >= 4 is 11.6 Å². The molecule has 3 nitrogen and oxygen atoms in total. The van der Waals surface area contributed by atoms with Crippen molar-refractivity contribution in [3.8, 4) is 0 Å². The molecule has 0 radical (unpaired) electrons. The molecule has 0 spiro atoms. The number of benzene rings is 1. The number of amides is 1. The van der Waals surface area contributed by atoms with Gasteiger partial charge in [0, 0.05) is 19.3 Å². The molecule has 0 bridgehead atoms. The summed E-state index contributed by atoms with van der Waals surface area (Å²) in [5.41, 5.74) is 6.91. The predicted octanol–water partition coefficient (Wildman–Crippen LogP) is 2.39. The second kappa shape index (κ2) is 5.54. The highest BCUT2D eigenvalue weighted by Crippen LogP contribution is 2.14. The van der Waals surface area contributed by atoms with E-state index < -0.39 is 0 Å². The van der Waals surface area contributed by atoms with Crippen LogP contribution in [0, 0.1) is 5.92 Å². The first kappa shape index (κ1) is 12.6. The molecule has 88 valence electrons. The summed E-state index contributed by atoms with van der Waals surface area (Å²) in [4.78, 5) is 13.8.